The van der Waals surface area contributed by atoms with Gasteiger partial charge in [-0.05, 0) is 74.3 Å². The van der Waals surface area contributed by atoms with Gasteiger partial charge in [0.2, 0.25) is 11.8 Å². The summed E-state index contributed by atoms with van der Waals surface area (Å²) < 4.78 is 0. The Morgan fingerprint density at radius 1 is 0.931 bits per heavy atom. The number of fused-ring (bicyclic) bond motifs is 5. The Bertz CT molecular complexity index is 996. The first-order valence-corrected chi connectivity index (χ1v) is 10.3. The number of benzene rings is 2. The minimum atomic E-state index is -0.247. The Morgan fingerprint density at radius 2 is 1.52 bits per heavy atom. The molecule has 29 heavy (non-hydrogen) atoms. The van der Waals surface area contributed by atoms with Crippen LogP contribution in [0.15, 0.2) is 42.5 Å². The molecule has 2 aromatic rings. The van der Waals surface area contributed by atoms with E-state index in [1.807, 2.05) is 32.0 Å². The predicted molar refractivity (Wildman–Crippen MR) is 111 cm³/mol. The summed E-state index contributed by atoms with van der Waals surface area (Å²) in [5.41, 5.74) is 3.71. The topological polar surface area (TPSA) is 66.5 Å². The molecule has 0 radical (unpaired) electrons. The van der Waals surface area contributed by atoms with Crippen molar-refractivity contribution in [1.29, 1.82) is 0 Å². The SMILES string of the molecule is Cc1cccc(C)c1NC(=O)c1cccc(N2C(=O)C3C4CCC(C4)C3C2=O)c1. The van der Waals surface area contributed by atoms with Gasteiger partial charge in [-0.3, -0.25) is 19.3 Å². The number of hydrogen-bond acceptors (Lipinski definition) is 3. The first kappa shape index (κ1) is 18.1. The van der Waals surface area contributed by atoms with Crippen LogP contribution < -0.4 is 10.2 Å². The second-order valence-electron chi connectivity index (χ2n) is 8.67. The van der Waals surface area contributed by atoms with Crippen molar-refractivity contribution in [3.8, 4) is 0 Å². The number of para-hydroxylation sites is 1. The van der Waals surface area contributed by atoms with Gasteiger partial charge in [0.25, 0.3) is 5.91 Å². The van der Waals surface area contributed by atoms with Gasteiger partial charge in [-0.2, -0.15) is 0 Å². The zero-order valence-corrected chi connectivity index (χ0v) is 16.6. The number of carbonyl (C=O) groups excluding carboxylic acids is 3. The third-order valence-electron chi connectivity index (χ3n) is 7.01. The molecule has 0 aromatic heterocycles. The molecule has 1 heterocycles. The Kier molecular flexibility index (Phi) is 4.09. The largest absolute Gasteiger partial charge is 0.322 e. The average molecular weight is 388 g/mol. The molecular weight excluding hydrogens is 364 g/mol. The number of imide groups is 1. The van der Waals surface area contributed by atoms with E-state index in [2.05, 4.69) is 5.32 Å². The maximum absolute atomic E-state index is 13.1. The van der Waals surface area contributed by atoms with E-state index in [0.717, 1.165) is 36.1 Å². The number of rotatable bonds is 3. The van der Waals surface area contributed by atoms with E-state index in [-0.39, 0.29) is 29.6 Å². The normalized spacial score (nSPS) is 27.4. The van der Waals surface area contributed by atoms with Crippen molar-refractivity contribution < 1.29 is 14.4 Å². The summed E-state index contributed by atoms with van der Waals surface area (Å²) in [6.45, 7) is 3.90. The number of aryl methyl sites for hydroxylation is 2. The van der Waals surface area contributed by atoms with Crippen molar-refractivity contribution in [2.75, 3.05) is 10.2 Å². The van der Waals surface area contributed by atoms with Crippen LogP contribution in [0.1, 0.15) is 40.7 Å². The van der Waals surface area contributed by atoms with Crippen molar-refractivity contribution >= 4 is 29.1 Å². The van der Waals surface area contributed by atoms with Crippen LogP contribution in [0.3, 0.4) is 0 Å². The van der Waals surface area contributed by atoms with Crippen molar-refractivity contribution in [3.63, 3.8) is 0 Å². The van der Waals surface area contributed by atoms with Crippen LogP contribution in [0.4, 0.5) is 11.4 Å². The molecule has 4 unspecified atom stereocenters. The Morgan fingerprint density at radius 3 is 2.14 bits per heavy atom. The standard InChI is InChI=1S/C24H24N2O3/c1-13-5-3-6-14(2)21(13)25-22(27)17-7-4-8-18(12-17)26-23(28)19-15-9-10-16(11-15)20(19)24(26)29/h3-8,12,15-16,19-20H,9-11H2,1-2H3,(H,25,27). The van der Waals surface area contributed by atoms with Gasteiger partial charge in [-0.25, -0.2) is 0 Å². The molecule has 1 N–H and O–H groups in total. The lowest BCUT2D eigenvalue weighted by Gasteiger charge is -2.19. The molecule has 3 fully saturated rings. The van der Waals surface area contributed by atoms with Gasteiger partial charge in [0.1, 0.15) is 0 Å². The van der Waals surface area contributed by atoms with E-state index >= 15 is 0 Å². The second kappa shape index (κ2) is 6.55. The number of anilines is 2. The molecule has 5 heteroatoms. The van der Waals surface area contributed by atoms with E-state index < -0.39 is 0 Å². The molecule has 4 atom stereocenters. The van der Waals surface area contributed by atoms with Gasteiger partial charge in [0, 0.05) is 11.3 Å². The summed E-state index contributed by atoms with van der Waals surface area (Å²) in [5.74, 6) is -0.0340. The Balaban J connectivity index is 1.42. The molecule has 1 saturated heterocycles. The van der Waals surface area contributed by atoms with E-state index in [0.29, 0.717) is 23.1 Å². The average Bonchev–Trinajstić information content (AvgIpc) is 3.38. The fourth-order valence-electron chi connectivity index (χ4n) is 5.65. The highest BCUT2D eigenvalue weighted by Gasteiger charge is 2.61. The fraction of sp³-hybridized carbons (Fsp3) is 0.375. The first-order valence-electron chi connectivity index (χ1n) is 10.3. The van der Waals surface area contributed by atoms with Gasteiger partial charge in [0.05, 0.1) is 17.5 Å². The minimum Gasteiger partial charge on any atom is -0.322 e. The zero-order chi connectivity index (χ0) is 20.3. The third-order valence-corrected chi connectivity index (χ3v) is 7.01. The summed E-state index contributed by atoms with van der Waals surface area (Å²) in [4.78, 5) is 40.3. The molecule has 3 aliphatic rings. The maximum atomic E-state index is 13.1. The summed E-state index contributed by atoms with van der Waals surface area (Å²) in [6.07, 6.45) is 3.12. The highest BCUT2D eigenvalue weighted by molar-refractivity contribution is 6.23. The summed E-state index contributed by atoms with van der Waals surface area (Å²) in [7, 11) is 0. The second-order valence-corrected chi connectivity index (χ2v) is 8.67. The van der Waals surface area contributed by atoms with Crippen molar-refractivity contribution in [3.05, 3.63) is 59.2 Å². The Labute approximate surface area is 170 Å². The van der Waals surface area contributed by atoms with Crippen LogP contribution >= 0.6 is 0 Å². The van der Waals surface area contributed by atoms with Crippen molar-refractivity contribution in [2.24, 2.45) is 23.7 Å². The van der Waals surface area contributed by atoms with Crippen LogP contribution in [0.5, 0.6) is 0 Å². The molecule has 5 rings (SSSR count). The predicted octanol–water partition coefficient (Wildman–Crippen LogP) is 4.09. The monoisotopic (exact) mass is 388 g/mol. The molecule has 5 nitrogen and oxygen atoms in total. The Hall–Kier alpha value is -2.95. The highest BCUT2D eigenvalue weighted by atomic mass is 16.2. The van der Waals surface area contributed by atoms with Gasteiger partial charge in [-0.15, -0.1) is 0 Å². The van der Waals surface area contributed by atoms with Crippen LogP contribution in [0.2, 0.25) is 0 Å². The van der Waals surface area contributed by atoms with Gasteiger partial charge < -0.3 is 5.32 Å². The van der Waals surface area contributed by atoms with Gasteiger partial charge >= 0.3 is 0 Å². The molecular formula is C24H24N2O3. The lowest BCUT2D eigenvalue weighted by molar-refractivity contribution is -0.123. The zero-order valence-electron chi connectivity index (χ0n) is 16.6. The fourth-order valence-corrected chi connectivity index (χ4v) is 5.65. The maximum Gasteiger partial charge on any atom is 0.255 e. The number of nitrogens with zero attached hydrogens (tertiary/aromatic N) is 1. The van der Waals surface area contributed by atoms with Crippen LogP contribution in [-0.2, 0) is 9.59 Å². The lowest BCUT2D eigenvalue weighted by atomic mass is 9.81. The molecule has 2 aromatic carbocycles. The van der Waals surface area contributed by atoms with E-state index in [4.69, 9.17) is 0 Å². The number of hydrogen-bond donors (Lipinski definition) is 1. The molecule has 2 aliphatic carbocycles. The molecule has 1 aliphatic heterocycles. The van der Waals surface area contributed by atoms with Crippen LogP contribution in [0, 0.1) is 37.5 Å². The van der Waals surface area contributed by atoms with E-state index in [1.54, 1.807) is 24.3 Å². The molecule has 0 spiro atoms. The van der Waals surface area contributed by atoms with Crippen molar-refractivity contribution in [2.45, 2.75) is 33.1 Å². The van der Waals surface area contributed by atoms with Gasteiger partial charge in [-0.1, -0.05) is 24.3 Å². The van der Waals surface area contributed by atoms with Crippen LogP contribution in [0.25, 0.3) is 0 Å². The number of carbonyl (C=O) groups is 3. The smallest absolute Gasteiger partial charge is 0.255 e. The quantitative estimate of drug-likeness (QED) is 0.806. The molecule has 148 valence electrons. The van der Waals surface area contributed by atoms with E-state index in [1.165, 1.54) is 4.90 Å². The van der Waals surface area contributed by atoms with Crippen molar-refractivity contribution in [1.82, 2.24) is 0 Å². The van der Waals surface area contributed by atoms with Gasteiger partial charge in [0.15, 0.2) is 0 Å². The highest BCUT2D eigenvalue weighted by Crippen LogP contribution is 2.56. The summed E-state index contributed by atoms with van der Waals surface area (Å²) >= 11 is 0. The van der Waals surface area contributed by atoms with E-state index in [9.17, 15) is 14.4 Å². The van der Waals surface area contributed by atoms with Crippen LogP contribution in [-0.4, -0.2) is 17.7 Å². The summed E-state index contributed by atoms with van der Waals surface area (Å²) in [6, 6.07) is 12.7. The number of amides is 3. The first-order chi connectivity index (χ1) is 14.0. The number of nitrogens with one attached hydrogen (secondary N) is 1. The lowest BCUT2D eigenvalue weighted by Crippen LogP contribution is -2.33. The summed E-state index contributed by atoms with van der Waals surface area (Å²) in [5, 5.41) is 2.97. The third kappa shape index (κ3) is 2.71. The molecule has 2 bridgehead atoms. The minimum absolute atomic E-state index is 0.0838. The molecule has 3 amide bonds. The molecule has 2 saturated carbocycles.